The summed E-state index contributed by atoms with van der Waals surface area (Å²) in [4.78, 5) is 16.9. The number of aromatic nitrogens is 4. The number of halogens is 6. The van der Waals surface area contributed by atoms with Crippen molar-refractivity contribution in [3.63, 3.8) is 0 Å². The highest BCUT2D eigenvalue weighted by Gasteiger charge is 2.34. The van der Waals surface area contributed by atoms with Gasteiger partial charge in [-0.2, -0.15) is 36.1 Å². The molecule has 0 atom stereocenters. The van der Waals surface area contributed by atoms with Gasteiger partial charge < -0.3 is 0 Å². The van der Waals surface area contributed by atoms with Crippen LogP contribution in [0.15, 0.2) is 52.5 Å². The van der Waals surface area contributed by atoms with Crippen LogP contribution in [0.25, 0.3) is 22.2 Å². The van der Waals surface area contributed by atoms with Gasteiger partial charge in [-0.1, -0.05) is 13.0 Å². The van der Waals surface area contributed by atoms with E-state index in [0.29, 0.717) is 27.4 Å². The fourth-order valence-electron chi connectivity index (χ4n) is 3.21. The Morgan fingerprint density at radius 1 is 0.970 bits per heavy atom. The molecule has 0 radical (unpaired) electrons. The number of sulfone groups is 1. The van der Waals surface area contributed by atoms with Crippen molar-refractivity contribution in [2.24, 2.45) is 0 Å². The summed E-state index contributed by atoms with van der Waals surface area (Å²) in [6.45, 7) is 1.23. The smallest absolute Gasteiger partial charge is 0.288 e. The van der Waals surface area contributed by atoms with Gasteiger partial charge in [0.15, 0.2) is 20.7 Å². The summed E-state index contributed by atoms with van der Waals surface area (Å²) in [6.07, 6.45) is -7.99. The van der Waals surface area contributed by atoms with Crippen LogP contribution in [0.4, 0.5) is 26.3 Å². The van der Waals surface area contributed by atoms with E-state index in [4.69, 9.17) is 0 Å². The molecule has 14 heteroatoms. The molecule has 0 N–H and O–H groups in total. The predicted octanol–water partition coefficient (Wildman–Crippen LogP) is 3.86. The Bertz CT molecular complexity index is 1570. The lowest BCUT2D eigenvalue weighted by molar-refractivity contribution is -0.138. The number of rotatable bonds is 3. The molecule has 3 aromatic heterocycles. The van der Waals surface area contributed by atoms with E-state index in [1.54, 1.807) is 0 Å². The minimum Gasteiger partial charge on any atom is -0.288 e. The average molecular weight is 490 g/mol. The molecule has 3 heterocycles. The number of benzene rings is 1. The maximum Gasteiger partial charge on any atom is 0.417 e. The van der Waals surface area contributed by atoms with E-state index in [-0.39, 0.29) is 11.0 Å². The number of pyridine rings is 1. The van der Waals surface area contributed by atoms with Crippen LogP contribution in [0.3, 0.4) is 0 Å². The highest BCUT2D eigenvalue weighted by Crippen LogP contribution is 2.32. The zero-order valence-corrected chi connectivity index (χ0v) is 17.3. The van der Waals surface area contributed by atoms with E-state index in [9.17, 15) is 39.6 Å². The van der Waals surface area contributed by atoms with E-state index in [0.717, 1.165) is 24.4 Å². The third-order valence-electron chi connectivity index (χ3n) is 4.88. The molecule has 0 aliphatic heterocycles. The maximum atomic E-state index is 13.2. The van der Waals surface area contributed by atoms with Crippen LogP contribution in [0.1, 0.15) is 18.1 Å². The number of hydrogen-bond acceptors (Lipinski definition) is 5. The van der Waals surface area contributed by atoms with Crippen LogP contribution in [0.5, 0.6) is 0 Å². The van der Waals surface area contributed by atoms with Crippen molar-refractivity contribution in [2.45, 2.75) is 24.3 Å². The monoisotopic (exact) mass is 490 g/mol. The Kier molecular flexibility index (Phi) is 5.03. The first kappa shape index (κ1) is 22.8. The van der Waals surface area contributed by atoms with Gasteiger partial charge in [0.1, 0.15) is 5.65 Å². The van der Waals surface area contributed by atoms with Gasteiger partial charge in [-0.15, -0.1) is 0 Å². The molecular formula is C19H12F6N4O3S. The van der Waals surface area contributed by atoms with Crippen molar-refractivity contribution in [2.75, 3.05) is 5.75 Å². The first-order chi connectivity index (χ1) is 15.2. The lowest BCUT2D eigenvalue weighted by Crippen LogP contribution is -2.24. The van der Waals surface area contributed by atoms with Crippen LogP contribution in [0, 0.1) is 0 Å². The van der Waals surface area contributed by atoms with Crippen molar-refractivity contribution in [3.05, 3.63) is 64.2 Å². The Morgan fingerprint density at radius 2 is 1.61 bits per heavy atom. The Labute approximate surface area is 180 Å². The molecule has 0 aliphatic rings. The maximum absolute atomic E-state index is 13.2. The van der Waals surface area contributed by atoms with E-state index in [2.05, 4.69) is 10.1 Å². The lowest BCUT2D eigenvalue weighted by atomic mass is 10.1. The minimum atomic E-state index is -4.79. The molecule has 0 amide bonds. The van der Waals surface area contributed by atoms with Crippen molar-refractivity contribution >= 4 is 26.3 Å². The van der Waals surface area contributed by atoms with Crippen molar-refractivity contribution < 1.29 is 34.8 Å². The lowest BCUT2D eigenvalue weighted by Gasteiger charge is -2.10. The molecule has 0 saturated carbocycles. The van der Waals surface area contributed by atoms with E-state index in [1.165, 1.54) is 6.92 Å². The van der Waals surface area contributed by atoms with Crippen molar-refractivity contribution in [3.8, 4) is 5.82 Å². The number of nitrogens with zero attached hydrogens (tertiary/aromatic N) is 4. The molecule has 0 fully saturated rings. The second-order valence-electron chi connectivity index (χ2n) is 6.95. The summed E-state index contributed by atoms with van der Waals surface area (Å²) >= 11 is 0. The number of alkyl halides is 6. The summed E-state index contributed by atoms with van der Waals surface area (Å²) < 4.78 is 106. The molecular weight excluding hydrogens is 478 g/mol. The molecule has 4 aromatic rings. The molecule has 0 spiro atoms. The SMILES string of the molecule is CCS(=O)(=O)c1c(-n2ncc3ccc(C(F)(F)F)cc3c2=O)nc2ccc(C(F)(F)F)cn12. The van der Waals surface area contributed by atoms with Gasteiger partial charge in [0.05, 0.1) is 28.5 Å². The van der Waals surface area contributed by atoms with Gasteiger partial charge in [0, 0.05) is 11.6 Å². The fraction of sp³-hybridized carbons (Fsp3) is 0.211. The number of imidazole rings is 1. The molecule has 174 valence electrons. The molecule has 33 heavy (non-hydrogen) atoms. The Morgan fingerprint density at radius 3 is 2.21 bits per heavy atom. The first-order valence-corrected chi connectivity index (χ1v) is 10.8. The molecule has 0 saturated heterocycles. The quantitative estimate of drug-likeness (QED) is 0.407. The van der Waals surface area contributed by atoms with Gasteiger partial charge in [-0.3, -0.25) is 9.20 Å². The first-order valence-electron chi connectivity index (χ1n) is 9.16. The van der Waals surface area contributed by atoms with Gasteiger partial charge in [-0.25, -0.2) is 13.4 Å². The highest BCUT2D eigenvalue weighted by atomic mass is 32.2. The van der Waals surface area contributed by atoms with E-state index in [1.807, 2.05) is 0 Å². The second kappa shape index (κ2) is 7.30. The molecule has 0 aliphatic carbocycles. The minimum absolute atomic E-state index is 0.0484. The topological polar surface area (TPSA) is 86.3 Å². The van der Waals surface area contributed by atoms with Crippen LogP contribution >= 0.6 is 0 Å². The Balaban J connectivity index is 2.08. The third kappa shape index (κ3) is 3.83. The summed E-state index contributed by atoms with van der Waals surface area (Å²) in [5, 5.41) is 2.69. The van der Waals surface area contributed by atoms with Crippen LogP contribution < -0.4 is 5.56 Å². The third-order valence-corrected chi connectivity index (χ3v) is 6.60. The molecule has 7 nitrogen and oxygen atoms in total. The highest BCUT2D eigenvalue weighted by molar-refractivity contribution is 7.91. The molecule has 0 bridgehead atoms. The normalized spacial score (nSPS) is 13.2. The average Bonchev–Trinajstić information content (AvgIpc) is 3.12. The fourth-order valence-corrected chi connectivity index (χ4v) is 4.34. The standard InChI is InChI=1S/C19H12F6N4O3S/c1-2-33(31,32)17-15(27-14-6-5-12(9-28(14)17)19(23,24)25)29-16(30)13-7-11(18(20,21)22)4-3-10(13)8-26-29/h3-9H,2H2,1H3. The molecule has 1 aromatic carbocycles. The van der Waals surface area contributed by atoms with Gasteiger partial charge in [0.25, 0.3) is 5.56 Å². The summed E-state index contributed by atoms with van der Waals surface area (Å²) in [5.74, 6) is -1.18. The van der Waals surface area contributed by atoms with Crippen molar-refractivity contribution in [1.29, 1.82) is 0 Å². The van der Waals surface area contributed by atoms with E-state index >= 15 is 0 Å². The van der Waals surface area contributed by atoms with Crippen LogP contribution in [-0.2, 0) is 22.2 Å². The number of hydrogen-bond donors (Lipinski definition) is 0. The van der Waals surface area contributed by atoms with Crippen LogP contribution in [0.2, 0.25) is 0 Å². The van der Waals surface area contributed by atoms with Gasteiger partial charge in [-0.05, 0) is 24.3 Å². The zero-order chi connectivity index (χ0) is 24.3. The van der Waals surface area contributed by atoms with Gasteiger partial charge >= 0.3 is 12.4 Å². The largest absolute Gasteiger partial charge is 0.417 e. The van der Waals surface area contributed by atoms with E-state index < -0.39 is 60.9 Å². The summed E-state index contributed by atoms with van der Waals surface area (Å²) in [7, 11) is -4.27. The molecule has 4 rings (SSSR count). The summed E-state index contributed by atoms with van der Waals surface area (Å²) in [6, 6.07) is 3.96. The predicted molar refractivity (Wildman–Crippen MR) is 104 cm³/mol. The zero-order valence-electron chi connectivity index (χ0n) is 16.4. The summed E-state index contributed by atoms with van der Waals surface area (Å²) in [5.41, 5.74) is -3.63. The van der Waals surface area contributed by atoms with Gasteiger partial charge in [0.2, 0.25) is 0 Å². The Hall–Kier alpha value is -3.42. The molecule has 0 unspecified atom stereocenters. The second-order valence-corrected chi connectivity index (χ2v) is 9.14. The van der Waals surface area contributed by atoms with Crippen LogP contribution in [-0.4, -0.2) is 33.3 Å². The van der Waals surface area contributed by atoms with Crippen molar-refractivity contribution in [1.82, 2.24) is 19.2 Å². The number of fused-ring (bicyclic) bond motifs is 2.